The minimum atomic E-state index is -4.57. The summed E-state index contributed by atoms with van der Waals surface area (Å²) in [6.07, 6.45) is -4.22. The minimum Gasteiger partial charge on any atom is -0.474 e. The van der Waals surface area contributed by atoms with E-state index >= 15 is 0 Å². The van der Waals surface area contributed by atoms with E-state index in [0.29, 0.717) is 6.54 Å². The van der Waals surface area contributed by atoms with Gasteiger partial charge in [0.05, 0.1) is 6.10 Å². The zero-order valence-corrected chi connectivity index (χ0v) is 14.1. The van der Waals surface area contributed by atoms with E-state index in [1.807, 2.05) is 38.1 Å². The van der Waals surface area contributed by atoms with Gasteiger partial charge in [0.15, 0.2) is 0 Å². The first kappa shape index (κ1) is 18.0. The molecule has 7 heteroatoms. The van der Waals surface area contributed by atoms with E-state index in [1.165, 1.54) is 0 Å². The predicted octanol–water partition coefficient (Wildman–Crippen LogP) is 4.75. The summed E-state index contributed by atoms with van der Waals surface area (Å²) >= 11 is 0. The molecular weight excluding hydrogens is 319 g/mol. The van der Waals surface area contributed by atoms with Gasteiger partial charge in [0.2, 0.25) is 11.8 Å². The molecule has 0 saturated heterocycles. The Hall–Kier alpha value is -2.31. The van der Waals surface area contributed by atoms with Crippen molar-refractivity contribution in [1.82, 2.24) is 9.97 Å². The maximum absolute atomic E-state index is 13.1. The van der Waals surface area contributed by atoms with Crippen LogP contribution in [0.1, 0.15) is 31.9 Å². The van der Waals surface area contributed by atoms with Gasteiger partial charge in [-0.25, -0.2) is 4.98 Å². The average Bonchev–Trinajstić information content (AvgIpc) is 2.48. The number of rotatable bonds is 5. The van der Waals surface area contributed by atoms with Crippen molar-refractivity contribution in [2.24, 2.45) is 0 Å². The predicted molar refractivity (Wildman–Crippen MR) is 86.7 cm³/mol. The van der Waals surface area contributed by atoms with E-state index in [-0.39, 0.29) is 5.95 Å². The number of aromatic nitrogens is 2. The fourth-order valence-electron chi connectivity index (χ4n) is 2.16. The van der Waals surface area contributed by atoms with Crippen LogP contribution >= 0.6 is 0 Å². The van der Waals surface area contributed by atoms with E-state index in [4.69, 9.17) is 4.74 Å². The summed E-state index contributed by atoms with van der Waals surface area (Å²) in [7, 11) is 0. The van der Waals surface area contributed by atoms with Gasteiger partial charge in [-0.15, -0.1) is 0 Å². The Kier molecular flexibility index (Phi) is 5.31. The third-order valence-electron chi connectivity index (χ3n) is 3.30. The third-order valence-corrected chi connectivity index (χ3v) is 3.30. The lowest BCUT2D eigenvalue weighted by Gasteiger charge is -2.23. The summed E-state index contributed by atoms with van der Waals surface area (Å²) in [5.74, 6) is -0.280. The van der Waals surface area contributed by atoms with Crippen LogP contribution in [0.15, 0.2) is 30.5 Å². The van der Waals surface area contributed by atoms with Gasteiger partial charge in [-0.2, -0.15) is 18.2 Å². The number of benzene rings is 1. The number of nitrogens with zero attached hydrogens (tertiary/aromatic N) is 3. The van der Waals surface area contributed by atoms with Crippen molar-refractivity contribution >= 4 is 11.6 Å². The van der Waals surface area contributed by atoms with Crippen LogP contribution in [0.5, 0.6) is 5.88 Å². The molecule has 0 fully saturated rings. The minimum absolute atomic E-state index is 0.171. The van der Waals surface area contributed by atoms with E-state index < -0.39 is 23.7 Å². The second-order valence-electron chi connectivity index (χ2n) is 5.63. The SMILES string of the molecule is CCN(c1ccc(C)cc1)c1ncc(C(F)(F)F)c(OC(C)C)n1. The Morgan fingerprint density at radius 2 is 1.79 bits per heavy atom. The smallest absolute Gasteiger partial charge is 0.423 e. The molecule has 24 heavy (non-hydrogen) atoms. The lowest BCUT2D eigenvalue weighted by Crippen LogP contribution is -2.21. The van der Waals surface area contributed by atoms with Crippen molar-refractivity contribution in [3.63, 3.8) is 0 Å². The van der Waals surface area contributed by atoms with Gasteiger partial charge in [0.25, 0.3) is 0 Å². The average molecular weight is 339 g/mol. The molecule has 1 heterocycles. The van der Waals surface area contributed by atoms with Crippen molar-refractivity contribution in [2.75, 3.05) is 11.4 Å². The molecule has 2 rings (SSSR count). The maximum atomic E-state index is 13.1. The fraction of sp³-hybridized carbons (Fsp3) is 0.412. The molecule has 1 aromatic heterocycles. The van der Waals surface area contributed by atoms with Gasteiger partial charge in [0.1, 0.15) is 5.56 Å². The Morgan fingerprint density at radius 3 is 2.29 bits per heavy atom. The molecular formula is C17H20F3N3O. The fourth-order valence-corrected chi connectivity index (χ4v) is 2.16. The number of aryl methyl sites for hydroxylation is 1. The highest BCUT2D eigenvalue weighted by Crippen LogP contribution is 2.36. The third kappa shape index (κ3) is 4.15. The molecule has 0 bridgehead atoms. The van der Waals surface area contributed by atoms with E-state index in [0.717, 1.165) is 17.4 Å². The lowest BCUT2D eigenvalue weighted by molar-refractivity contribution is -0.139. The molecule has 0 aliphatic carbocycles. The molecule has 0 spiro atoms. The Balaban J connectivity index is 2.47. The van der Waals surface area contributed by atoms with Crippen LogP contribution in [0.3, 0.4) is 0 Å². The van der Waals surface area contributed by atoms with E-state index in [2.05, 4.69) is 9.97 Å². The van der Waals surface area contributed by atoms with Gasteiger partial charge >= 0.3 is 6.18 Å². The van der Waals surface area contributed by atoms with Gasteiger partial charge in [0, 0.05) is 18.4 Å². The largest absolute Gasteiger partial charge is 0.474 e. The summed E-state index contributed by atoms with van der Waals surface area (Å²) in [6.45, 7) is 7.65. The lowest BCUT2D eigenvalue weighted by atomic mass is 10.2. The maximum Gasteiger partial charge on any atom is 0.423 e. The quantitative estimate of drug-likeness (QED) is 0.788. The molecule has 130 valence electrons. The monoisotopic (exact) mass is 339 g/mol. The number of hydrogen-bond acceptors (Lipinski definition) is 4. The second kappa shape index (κ2) is 7.07. The molecule has 0 saturated carbocycles. The highest BCUT2D eigenvalue weighted by Gasteiger charge is 2.36. The highest BCUT2D eigenvalue weighted by molar-refractivity contribution is 5.58. The van der Waals surface area contributed by atoms with Crippen LogP contribution in [0.2, 0.25) is 0 Å². The Bertz CT molecular complexity index is 684. The van der Waals surface area contributed by atoms with Crippen molar-refractivity contribution in [3.8, 4) is 5.88 Å². The van der Waals surface area contributed by atoms with Crippen LogP contribution in [0.25, 0.3) is 0 Å². The van der Waals surface area contributed by atoms with Crippen LogP contribution in [-0.4, -0.2) is 22.6 Å². The first-order valence-electron chi connectivity index (χ1n) is 7.67. The zero-order chi connectivity index (χ0) is 17.9. The first-order chi connectivity index (χ1) is 11.2. The van der Waals surface area contributed by atoms with Crippen LogP contribution in [-0.2, 0) is 6.18 Å². The highest BCUT2D eigenvalue weighted by atomic mass is 19.4. The number of hydrogen-bond donors (Lipinski definition) is 0. The number of anilines is 2. The summed E-state index contributed by atoms with van der Waals surface area (Å²) in [5, 5.41) is 0. The van der Waals surface area contributed by atoms with Crippen molar-refractivity contribution < 1.29 is 17.9 Å². The Morgan fingerprint density at radius 1 is 1.17 bits per heavy atom. The molecule has 0 amide bonds. The molecule has 0 aliphatic heterocycles. The van der Waals surface area contributed by atoms with E-state index in [9.17, 15) is 13.2 Å². The van der Waals surface area contributed by atoms with Gasteiger partial charge < -0.3 is 9.64 Å². The Labute approximate surface area is 139 Å². The van der Waals surface area contributed by atoms with Crippen LogP contribution in [0.4, 0.5) is 24.8 Å². The van der Waals surface area contributed by atoms with Crippen molar-refractivity contribution in [3.05, 3.63) is 41.6 Å². The van der Waals surface area contributed by atoms with Crippen molar-refractivity contribution in [2.45, 2.75) is 40.0 Å². The molecule has 0 radical (unpaired) electrons. The molecule has 2 aromatic rings. The molecule has 0 aliphatic rings. The molecule has 1 aromatic carbocycles. The summed E-state index contributed by atoms with van der Waals surface area (Å²) in [5.41, 5.74) is 0.922. The van der Waals surface area contributed by atoms with Gasteiger partial charge in [-0.05, 0) is 39.8 Å². The topological polar surface area (TPSA) is 38.2 Å². The summed E-state index contributed by atoms with van der Waals surface area (Å²) in [6, 6.07) is 7.60. The normalized spacial score (nSPS) is 11.7. The van der Waals surface area contributed by atoms with Crippen LogP contribution < -0.4 is 9.64 Å². The van der Waals surface area contributed by atoms with E-state index in [1.54, 1.807) is 18.7 Å². The van der Waals surface area contributed by atoms with Gasteiger partial charge in [-0.3, -0.25) is 0 Å². The molecule has 4 nitrogen and oxygen atoms in total. The molecule has 0 unspecified atom stereocenters. The summed E-state index contributed by atoms with van der Waals surface area (Å²) in [4.78, 5) is 9.65. The number of halogens is 3. The number of ether oxygens (including phenoxy) is 1. The zero-order valence-electron chi connectivity index (χ0n) is 14.1. The standard InChI is InChI=1S/C17H20F3N3O/c1-5-23(13-8-6-12(4)7-9-13)16-21-10-14(17(18,19)20)15(22-16)24-11(2)3/h6-11H,5H2,1-4H3. The molecule has 0 N–H and O–H groups in total. The first-order valence-corrected chi connectivity index (χ1v) is 7.67. The second-order valence-corrected chi connectivity index (χ2v) is 5.63. The number of alkyl halides is 3. The summed E-state index contributed by atoms with van der Waals surface area (Å²) < 4.78 is 44.6. The van der Waals surface area contributed by atoms with Crippen LogP contribution in [0, 0.1) is 6.92 Å². The van der Waals surface area contributed by atoms with Crippen molar-refractivity contribution in [1.29, 1.82) is 0 Å². The molecule has 0 atom stereocenters. The van der Waals surface area contributed by atoms with Gasteiger partial charge in [-0.1, -0.05) is 17.7 Å².